The van der Waals surface area contributed by atoms with Crippen LogP contribution < -0.4 is 5.32 Å². The molecule has 92 valence electrons. The van der Waals surface area contributed by atoms with Gasteiger partial charge in [0.05, 0.1) is 23.8 Å². The number of pyridine rings is 1. The van der Waals surface area contributed by atoms with Gasteiger partial charge in [-0.25, -0.2) is 4.98 Å². The number of hydrogen-bond donors (Lipinski definition) is 1. The molecule has 0 unspecified atom stereocenters. The second-order valence-corrected chi connectivity index (χ2v) is 4.97. The Morgan fingerprint density at radius 1 is 1.39 bits per heavy atom. The van der Waals surface area contributed by atoms with Crippen LogP contribution in [0.2, 0.25) is 0 Å². The van der Waals surface area contributed by atoms with Gasteiger partial charge in [0.2, 0.25) is 0 Å². The molecule has 1 N–H and O–H groups in total. The standard InChI is InChI=1S/C12H11N3O2S/c16-11(8-1-4-13-5-2-8)15-12-14-9-3-6-17-7-10(9)18-12/h1-2,4-5H,3,6-7H2,(H,14,15,16). The predicted octanol–water partition coefficient (Wildman–Crippen LogP) is 1.86. The van der Waals surface area contributed by atoms with E-state index in [9.17, 15) is 4.79 Å². The van der Waals surface area contributed by atoms with Gasteiger partial charge in [0.15, 0.2) is 5.13 Å². The van der Waals surface area contributed by atoms with Crippen LogP contribution >= 0.6 is 11.3 Å². The molecule has 1 aliphatic rings. The van der Waals surface area contributed by atoms with E-state index in [1.165, 1.54) is 11.3 Å². The van der Waals surface area contributed by atoms with Crippen molar-refractivity contribution >= 4 is 22.4 Å². The number of nitrogens with zero attached hydrogens (tertiary/aromatic N) is 2. The normalized spacial score (nSPS) is 14.0. The smallest absolute Gasteiger partial charge is 0.257 e. The predicted molar refractivity (Wildman–Crippen MR) is 67.7 cm³/mol. The largest absolute Gasteiger partial charge is 0.375 e. The number of carbonyl (C=O) groups excluding carboxylic acids is 1. The minimum Gasteiger partial charge on any atom is -0.375 e. The van der Waals surface area contributed by atoms with Crippen LogP contribution in [0.25, 0.3) is 0 Å². The summed E-state index contributed by atoms with van der Waals surface area (Å²) in [6, 6.07) is 3.35. The van der Waals surface area contributed by atoms with Gasteiger partial charge in [-0.1, -0.05) is 11.3 Å². The van der Waals surface area contributed by atoms with Crippen molar-refractivity contribution in [2.24, 2.45) is 0 Å². The summed E-state index contributed by atoms with van der Waals surface area (Å²) in [7, 11) is 0. The van der Waals surface area contributed by atoms with Crippen molar-refractivity contribution in [3.05, 3.63) is 40.7 Å². The van der Waals surface area contributed by atoms with Crippen molar-refractivity contribution in [3.8, 4) is 0 Å². The van der Waals surface area contributed by atoms with E-state index in [4.69, 9.17) is 4.74 Å². The van der Waals surface area contributed by atoms with Crippen molar-refractivity contribution in [2.75, 3.05) is 11.9 Å². The van der Waals surface area contributed by atoms with Gasteiger partial charge in [-0.05, 0) is 12.1 Å². The van der Waals surface area contributed by atoms with Crippen molar-refractivity contribution in [1.82, 2.24) is 9.97 Å². The molecule has 0 aliphatic carbocycles. The maximum Gasteiger partial charge on any atom is 0.257 e. The molecule has 2 aromatic rings. The Bertz CT molecular complexity index is 544. The Kier molecular flexibility index (Phi) is 3.04. The van der Waals surface area contributed by atoms with Crippen molar-refractivity contribution in [1.29, 1.82) is 0 Å². The fraction of sp³-hybridized carbons (Fsp3) is 0.250. The number of aromatic nitrogens is 2. The molecule has 3 rings (SSSR count). The number of thiazole rings is 1. The molecule has 3 heterocycles. The lowest BCUT2D eigenvalue weighted by Gasteiger charge is -2.08. The van der Waals surface area contributed by atoms with E-state index in [-0.39, 0.29) is 5.91 Å². The maximum atomic E-state index is 11.9. The van der Waals surface area contributed by atoms with Gasteiger partial charge < -0.3 is 4.74 Å². The van der Waals surface area contributed by atoms with E-state index >= 15 is 0 Å². The topological polar surface area (TPSA) is 64.1 Å². The summed E-state index contributed by atoms with van der Waals surface area (Å²) in [6.45, 7) is 1.30. The van der Waals surface area contributed by atoms with Gasteiger partial charge >= 0.3 is 0 Å². The third kappa shape index (κ3) is 2.25. The van der Waals surface area contributed by atoms with Crippen molar-refractivity contribution in [2.45, 2.75) is 13.0 Å². The summed E-state index contributed by atoms with van der Waals surface area (Å²) in [5.74, 6) is -0.163. The lowest BCUT2D eigenvalue weighted by molar-refractivity contribution is 0.102. The highest BCUT2D eigenvalue weighted by atomic mass is 32.1. The molecule has 5 nitrogen and oxygen atoms in total. The van der Waals surface area contributed by atoms with Crippen LogP contribution in [-0.4, -0.2) is 22.5 Å². The van der Waals surface area contributed by atoms with Gasteiger partial charge in [-0.3, -0.25) is 15.1 Å². The number of hydrogen-bond acceptors (Lipinski definition) is 5. The van der Waals surface area contributed by atoms with E-state index in [1.54, 1.807) is 24.5 Å². The molecular formula is C12H11N3O2S. The molecule has 2 aromatic heterocycles. The number of fused-ring (bicyclic) bond motifs is 1. The SMILES string of the molecule is O=C(Nc1nc2c(s1)COCC2)c1ccncc1. The molecule has 0 saturated carbocycles. The number of carbonyl (C=O) groups is 1. The average Bonchev–Trinajstić information content (AvgIpc) is 2.82. The van der Waals surface area contributed by atoms with Crippen molar-refractivity contribution in [3.63, 3.8) is 0 Å². The summed E-state index contributed by atoms with van der Waals surface area (Å²) in [5.41, 5.74) is 1.62. The number of ether oxygens (including phenoxy) is 1. The van der Waals surface area contributed by atoms with Crippen LogP contribution in [-0.2, 0) is 17.8 Å². The van der Waals surface area contributed by atoms with E-state index in [1.807, 2.05) is 0 Å². The third-order valence-electron chi connectivity index (χ3n) is 2.66. The number of anilines is 1. The lowest BCUT2D eigenvalue weighted by Crippen LogP contribution is -2.11. The second kappa shape index (κ2) is 4.83. The second-order valence-electron chi connectivity index (χ2n) is 3.88. The summed E-state index contributed by atoms with van der Waals surface area (Å²) < 4.78 is 5.35. The first-order valence-electron chi connectivity index (χ1n) is 5.60. The molecule has 1 amide bonds. The molecule has 0 aromatic carbocycles. The highest BCUT2D eigenvalue weighted by Crippen LogP contribution is 2.27. The minimum absolute atomic E-state index is 0.163. The number of rotatable bonds is 2. The van der Waals surface area contributed by atoms with Gasteiger partial charge in [0, 0.05) is 24.4 Å². The summed E-state index contributed by atoms with van der Waals surface area (Å²) in [5, 5.41) is 3.43. The number of nitrogens with one attached hydrogen (secondary N) is 1. The zero-order chi connectivity index (χ0) is 12.4. The Morgan fingerprint density at radius 2 is 2.22 bits per heavy atom. The Hall–Kier alpha value is -1.79. The summed E-state index contributed by atoms with van der Waals surface area (Å²) in [6.07, 6.45) is 4.00. The van der Waals surface area contributed by atoms with E-state index in [0.717, 1.165) is 17.0 Å². The van der Waals surface area contributed by atoms with Crippen LogP contribution in [0.5, 0.6) is 0 Å². The first-order valence-corrected chi connectivity index (χ1v) is 6.42. The molecule has 0 bridgehead atoms. The zero-order valence-electron chi connectivity index (χ0n) is 9.55. The lowest BCUT2D eigenvalue weighted by atomic mass is 10.2. The van der Waals surface area contributed by atoms with Crippen molar-refractivity contribution < 1.29 is 9.53 Å². The van der Waals surface area contributed by atoms with Gasteiger partial charge in [-0.2, -0.15) is 0 Å². The van der Waals surface area contributed by atoms with E-state index in [2.05, 4.69) is 15.3 Å². The summed E-state index contributed by atoms with van der Waals surface area (Å²) in [4.78, 5) is 21.3. The van der Waals surface area contributed by atoms with Crippen LogP contribution in [0.1, 0.15) is 20.9 Å². The molecule has 1 aliphatic heterocycles. The van der Waals surface area contributed by atoms with Crippen LogP contribution in [0.15, 0.2) is 24.5 Å². The summed E-state index contributed by atoms with van der Waals surface area (Å²) >= 11 is 1.47. The third-order valence-corrected chi connectivity index (χ3v) is 3.64. The maximum absolute atomic E-state index is 11.9. The highest BCUT2D eigenvalue weighted by Gasteiger charge is 2.17. The average molecular weight is 261 g/mol. The molecule has 18 heavy (non-hydrogen) atoms. The van der Waals surface area contributed by atoms with Gasteiger partial charge in [0.25, 0.3) is 5.91 Å². The molecular weight excluding hydrogens is 250 g/mol. The van der Waals surface area contributed by atoms with Gasteiger partial charge in [0.1, 0.15) is 0 Å². The molecule has 6 heteroatoms. The Morgan fingerprint density at radius 3 is 3.00 bits per heavy atom. The molecule has 0 radical (unpaired) electrons. The number of amides is 1. The minimum atomic E-state index is -0.163. The highest BCUT2D eigenvalue weighted by molar-refractivity contribution is 7.15. The van der Waals surface area contributed by atoms with Gasteiger partial charge in [-0.15, -0.1) is 0 Å². The fourth-order valence-corrected chi connectivity index (χ4v) is 2.69. The Balaban J connectivity index is 1.77. The molecule has 0 spiro atoms. The molecule has 0 fully saturated rings. The first-order chi connectivity index (χ1) is 8.83. The quantitative estimate of drug-likeness (QED) is 0.896. The Labute approximate surface area is 108 Å². The van der Waals surface area contributed by atoms with E-state index < -0.39 is 0 Å². The van der Waals surface area contributed by atoms with E-state index in [0.29, 0.717) is 23.9 Å². The fourth-order valence-electron chi connectivity index (χ4n) is 1.75. The zero-order valence-corrected chi connectivity index (χ0v) is 10.4. The molecule has 0 saturated heterocycles. The monoisotopic (exact) mass is 261 g/mol. The molecule has 0 atom stereocenters. The van der Waals surface area contributed by atoms with Crippen LogP contribution in [0.3, 0.4) is 0 Å². The van der Waals surface area contributed by atoms with Crippen LogP contribution in [0.4, 0.5) is 5.13 Å². The first kappa shape index (κ1) is 11.3. The van der Waals surface area contributed by atoms with Crippen LogP contribution in [0, 0.1) is 0 Å².